The van der Waals surface area contributed by atoms with E-state index in [4.69, 9.17) is 0 Å². The number of hydrogen-bond donors (Lipinski definition) is 2. The van der Waals surface area contributed by atoms with Crippen molar-refractivity contribution >= 4 is 23.4 Å². The maximum atomic E-state index is 12.1. The molecule has 6 nitrogen and oxygen atoms in total. The summed E-state index contributed by atoms with van der Waals surface area (Å²) < 4.78 is 0. The number of urea groups is 1. The van der Waals surface area contributed by atoms with Crippen molar-refractivity contribution in [1.29, 1.82) is 0 Å². The van der Waals surface area contributed by atoms with Crippen LogP contribution in [0.3, 0.4) is 0 Å². The van der Waals surface area contributed by atoms with Crippen LogP contribution in [0.2, 0.25) is 0 Å². The Hall–Kier alpha value is -2.37. The SMILES string of the molecule is CC(=O)c1cccc(NC(=O)N2CCCNC(=O)C2)c1. The van der Waals surface area contributed by atoms with Crippen LogP contribution in [0, 0.1) is 0 Å². The Labute approximate surface area is 117 Å². The van der Waals surface area contributed by atoms with Gasteiger partial charge in [-0.15, -0.1) is 0 Å². The van der Waals surface area contributed by atoms with Gasteiger partial charge in [0.2, 0.25) is 5.91 Å². The maximum absolute atomic E-state index is 12.1. The molecule has 1 aromatic carbocycles. The van der Waals surface area contributed by atoms with E-state index in [1.54, 1.807) is 24.3 Å². The van der Waals surface area contributed by atoms with Crippen LogP contribution in [0.1, 0.15) is 23.7 Å². The van der Waals surface area contributed by atoms with Gasteiger partial charge in [-0.25, -0.2) is 4.79 Å². The Morgan fingerprint density at radius 1 is 1.35 bits per heavy atom. The molecular formula is C14H17N3O3. The summed E-state index contributed by atoms with van der Waals surface area (Å²) in [6, 6.07) is 6.40. The molecule has 0 aliphatic carbocycles. The number of hydrogen-bond acceptors (Lipinski definition) is 3. The van der Waals surface area contributed by atoms with E-state index in [0.29, 0.717) is 24.3 Å². The van der Waals surface area contributed by atoms with Crippen molar-refractivity contribution < 1.29 is 14.4 Å². The zero-order valence-corrected chi connectivity index (χ0v) is 11.3. The average molecular weight is 275 g/mol. The number of ketones is 1. The van der Waals surface area contributed by atoms with E-state index >= 15 is 0 Å². The molecule has 1 aromatic rings. The summed E-state index contributed by atoms with van der Waals surface area (Å²) in [7, 11) is 0. The quantitative estimate of drug-likeness (QED) is 0.797. The van der Waals surface area contributed by atoms with Crippen LogP contribution in [0.25, 0.3) is 0 Å². The van der Waals surface area contributed by atoms with Crippen molar-refractivity contribution in [2.24, 2.45) is 0 Å². The number of nitrogens with zero attached hydrogens (tertiary/aromatic N) is 1. The number of nitrogens with one attached hydrogen (secondary N) is 2. The second-order valence-corrected chi connectivity index (χ2v) is 4.69. The number of carbonyl (C=O) groups excluding carboxylic acids is 3. The Balaban J connectivity index is 2.05. The molecule has 0 aromatic heterocycles. The van der Waals surface area contributed by atoms with E-state index in [0.717, 1.165) is 6.42 Å². The Bertz CT molecular complexity index is 542. The second-order valence-electron chi connectivity index (χ2n) is 4.69. The first-order valence-corrected chi connectivity index (χ1v) is 6.50. The van der Waals surface area contributed by atoms with Crippen LogP contribution in [-0.2, 0) is 4.79 Å². The van der Waals surface area contributed by atoms with Crippen molar-refractivity contribution in [3.8, 4) is 0 Å². The molecule has 0 bridgehead atoms. The highest BCUT2D eigenvalue weighted by Gasteiger charge is 2.19. The van der Waals surface area contributed by atoms with Crippen molar-refractivity contribution in [3.63, 3.8) is 0 Å². The molecule has 0 atom stereocenters. The number of Topliss-reactive ketones (excluding diaryl/α,β-unsaturated/α-hetero) is 1. The molecule has 2 rings (SSSR count). The number of rotatable bonds is 2. The van der Waals surface area contributed by atoms with Gasteiger partial charge >= 0.3 is 6.03 Å². The molecule has 1 aliphatic heterocycles. The van der Waals surface area contributed by atoms with Crippen LogP contribution < -0.4 is 10.6 Å². The topological polar surface area (TPSA) is 78.5 Å². The lowest BCUT2D eigenvalue weighted by molar-refractivity contribution is -0.120. The molecule has 1 heterocycles. The fraction of sp³-hybridized carbons (Fsp3) is 0.357. The first kappa shape index (κ1) is 14.0. The minimum atomic E-state index is -0.331. The van der Waals surface area contributed by atoms with Gasteiger partial charge < -0.3 is 15.5 Å². The molecule has 20 heavy (non-hydrogen) atoms. The van der Waals surface area contributed by atoms with Gasteiger partial charge in [-0.05, 0) is 25.5 Å². The van der Waals surface area contributed by atoms with Crippen molar-refractivity contribution in [2.75, 3.05) is 25.0 Å². The highest BCUT2D eigenvalue weighted by Crippen LogP contribution is 2.12. The molecule has 0 spiro atoms. The van der Waals surface area contributed by atoms with Crippen LogP contribution in [0.5, 0.6) is 0 Å². The molecule has 6 heteroatoms. The minimum absolute atomic E-state index is 0.0538. The maximum Gasteiger partial charge on any atom is 0.322 e. The molecule has 0 radical (unpaired) electrons. The first-order chi connectivity index (χ1) is 9.56. The zero-order chi connectivity index (χ0) is 14.5. The Kier molecular flexibility index (Phi) is 4.34. The molecule has 1 aliphatic rings. The fourth-order valence-corrected chi connectivity index (χ4v) is 2.00. The molecule has 0 unspecified atom stereocenters. The Morgan fingerprint density at radius 3 is 2.90 bits per heavy atom. The van der Waals surface area contributed by atoms with E-state index < -0.39 is 0 Å². The van der Waals surface area contributed by atoms with Gasteiger partial charge in [0.15, 0.2) is 5.78 Å². The summed E-state index contributed by atoms with van der Waals surface area (Å²) in [4.78, 5) is 36.3. The van der Waals surface area contributed by atoms with Crippen LogP contribution >= 0.6 is 0 Å². The summed E-state index contributed by atoms with van der Waals surface area (Å²) in [5.74, 6) is -0.217. The fourth-order valence-electron chi connectivity index (χ4n) is 2.00. The van der Waals surface area contributed by atoms with Crippen molar-refractivity contribution in [3.05, 3.63) is 29.8 Å². The van der Waals surface area contributed by atoms with Crippen LogP contribution in [0.4, 0.5) is 10.5 Å². The van der Waals surface area contributed by atoms with E-state index in [2.05, 4.69) is 10.6 Å². The number of benzene rings is 1. The summed E-state index contributed by atoms with van der Waals surface area (Å²) in [5.41, 5.74) is 1.09. The standard InChI is InChI=1S/C14H17N3O3/c1-10(18)11-4-2-5-12(8-11)16-14(20)17-7-3-6-15-13(19)9-17/h2,4-5,8H,3,6-7,9H2,1H3,(H,15,19)(H,16,20). The molecule has 0 saturated carbocycles. The van der Waals surface area contributed by atoms with Crippen LogP contribution in [-0.4, -0.2) is 42.3 Å². The zero-order valence-electron chi connectivity index (χ0n) is 11.3. The third-order valence-corrected chi connectivity index (χ3v) is 3.07. The van der Waals surface area contributed by atoms with Gasteiger partial charge in [0.1, 0.15) is 6.54 Å². The van der Waals surface area contributed by atoms with Gasteiger partial charge in [-0.3, -0.25) is 9.59 Å². The Morgan fingerprint density at radius 2 is 2.15 bits per heavy atom. The van der Waals surface area contributed by atoms with Crippen LogP contribution in [0.15, 0.2) is 24.3 Å². The van der Waals surface area contributed by atoms with E-state index in [-0.39, 0.29) is 24.3 Å². The van der Waals surface area contributed by atoms with Crippen molar-refractivity contribution in [2.45, 2.75) is 13.3 Å². The smallest absolute Gasteiger partial charge is 0.322 e. The monoisotopic (exact) mass is 275 g/mol. The normalized spacial score (nSPS) is 15.2. The summed E-state index contributed by atoms with van der Waals surface area (Å²) >= 11 is 0. The van der Waals surface area contributed by atoms with Gasteiger partial charge in [-0.2, -0.15) is 0 Å². The number of amides is 3. The van der Waals surface area contributed by atoms with Gasteiger partial charge in [0, 0.05) is 24.3 Å². The molecule has 106 valence electrons. The number of carbonyl (C=O) groups is 3. The summed E-state index contributed by atoms with van der Waals surface area (Å²) in [6.07, 6.45) is 0.729. The first-order valence-electron chi connectivity index (χ1n) is 6.50. The third kappa shape index (κ3) is 3.57. The van der Waals surface area contributed by atoms with E-state index in [1.165, 1.54) is 11.8 Å². The molecule has 2 N–H and O–H groups in total. The largest absolute Gasteiger partial charge is 0.354 e. The molecule has 1 fully saturated rings. The summed E-state index contributed by atoms with van der Waals surface area (Å²) in [5, 5.41) is 5.42. The predicted molar refractivity (Wildman–Crippen MR) is 74.7 cm³/mol. The predicted octanol–water partition coefficient (Wildman–Crippen LogP) is 1.24. The average Bonchev–Trinajstić information content (AvgIpc) is 2.63. The third-order valence-electron chi connectivity index (χ3n) is 3.07. The second kappa shape index (κ2) is 6.18. The lowest BCUT2D eigenvalue weighted by atomic mass is 10.1. The summed E-state index contributed by atoms with van der Waals surface area (Å²) in [6.45, 7) is 2.64. The molecule has 1 saturated heterocycles. The minimum Gasteiger partial charge on any atom is -0.354 e. The van der Waals surface area contributed by atoms with Gasteiger partial charge in [0.05, 0.1) is 0 Å². The lowest BCUT2D eigenvalue weighted by Gasteiger charge is -2.19. The van der Waals surface area contributed by atoms with E-state index in [9.17, 15) is 14.4 Å². The molecular weight excluding hydrogens is 258 g/mol. The number of anilines is 1. The molecule has 3 amide bonds. The van der Waals surface area contributed by atoms with Gasteiger partial charge in [-0.1, -0.05) is 12.1 Å². The highest BCUT2D eigenvalue weighted by atomic mass is 16.2. The lowest BCUT2D eigenvalue weighted by Crippen LogP contribution is -2.39. The van der Waals surface area contributed by atoms with Crippen molar-refractivity contribution in [1.82, 2.24) is 10.2 Å². The van der Waals surface area contributed by atoms with Gasteiger partial charge in [0.25, 0.3) is 0 Å². The van der Waals surface area contributed by atoms with E-state index in [1.807, 2.05) is 0 Å². The highest BCUT2D eigenvalue weighted by molar-refractivity contribution is 5.97.